The van der Waals surface area contributed by atoms with E-state index < -0.39 is 0 Å². The standard InChI is InChI=1S/C27H34N4O5/c1-20(15-21-4-9-25-26(16-21)36-19-35-25)17-28-10-2-3-22(18-28)27(32)30-13-11-29(12-14-30)23-5-7-24(8-6-23)31(33)34/h4-9,16,20,22H,2-3,10-15,17-19H2,1H3. The number of carbonyl (C=O) groups is 1. The molecule has 0 saturated carbocycles. The molecule has 3 aliphatic rings. The van der Waals surface area contributed by atoms with Crippen LogP contribution in [0.4, 0.5) is 11.4 Å². The van der Waals surface area contributed by atoms with Crippen molar-refractivity contribution in [1.82, 2.24) is 9.80 Å². The van der Waals surface area contributed by atoms with Gasteiger partial charge in [-0.2, -0.15) is 0 Å². The Morgan fingerprint density at radius 3 is 2.56 bits per heavy atom. The third-order valence-electron chi connectivity index (χ3n) is 7.46. The Labute approximate surface area is 211 Å². The number of benzene rings is 2. The zero-order valence-corrected chi connectivity index (χ0v) is 20.8. The number of rotatable bonds is 7. The predicted molar refractivity (Wildman–Crippen MR) is 136 cm³/mol. The minimum Gasteiger partial charge on any atom is -0.454 e. The van der Waals surface area contributed by atoms with Gasteiger partial charge in [-0.05, 0) is 61.6 Å². The van der Waals surface area contributed by atoms with Crippen molar-refractivity contribution >= 4 is 17.3 Å². The van der Waals surface area contributed by atoms with Crippen molar-refractivity contribution in [1.29, 1.82) is 0 Å². The van der Waals surface area contributed by atoms with Crippen molar-refractivity contribution in [3.63, 3.8) is 0 Å². The van der Waals surface area contributed by atoms with E-state index in [9.17, 15) is 14.9 Å². The number of carbonyl (C=O) groups excluding carboxylic acids is 1. The van der Waals surface area contributed by atoms with Crippen LogP contribution in [0.1, 0.15) is 25.3 Å². The lowest BCUT2D eigenvalue weighted by molar-refractivity contribution is -0.384. The Morgan fingerprint density at radius 1 is 1.06 bits per heavy atom. The molecule has 0 aromatic heterocycles. The number of piperidine rings is 1. The van der Waals surface area contributed by atoms with Crippen molar-refractivity contribution < 1.29 is 19.2 Å². The topological polar surface area (TPSA) is 88.4 Å². The van der Waals surface area contributed by atoms with Crippen LogP contribution in [-0.2, 0) is 11.2 Å². The zero-order valence-electron chi connectivity index (χ0n) is 20.8. The Hall–Kier alpha value is -3.33. The molecule has 0 aliphatic carbocycles. The Bertz CT molecular complexity index is 1080. The van der Waals surface area contributed by atoms with E-state index in [1.54, 1.807) is 12.1 Å². The molecule has 2 aromatic rings. The van der Waals surface area contributed by atoms with E-state index >= 15 is 0 Å². The summed E-state index contributed by atoms with van der Waals surface area (Å²) in [5.74, 6) is 2.45. The first-order valence-electron chi connectivity index (χ1n) is 12.9. The van der Waals surface area contributed by atoms with E-state index in [1.807, 2.05) is 11.0 Å². The highest BCUT2D eigenvalue weighted by atomic mass is 16.7. The smallest absolute Gasteiger partial charge is 0.269 e. The summed E-state index contributed by atoms with van der Waals surface area (Å²) in [4.78, 5) is 30.5. The van der Waals surface area contributed by atoms with E-state index in [0.717, 1.165) is 69.2 Å². The summed E-state index contributed by atoms with van der Waals surface area (Å²) < 4.78 is 10.9. The quantitative estimate of drug-likeness (QED) is 0.430. The van der Waals surface area contributed by atoms with E-state index in [2.05, 4.69) is 28.9 Å². The third-order valence-corrected chi connectivity index (χ3v) is 7.46. The SMILES string of the molecule is CC(Cc1ccc2c(c1)OCO2)CN1CCCC(C(=O)N2CCN(c3ccc([N+](=O)[O-])cc3)CC2)C1. The lowest BCUT2D eigenvalue weighted by atomic mass is 9.94. The highest BCUT2D eigenvalue weighted by Crippen LogP contribution is 2.33. The van der Waals surface area contributed by atoms with Crippen molar-refractivity contribution in [2.24, 2.45) is 11.8 Å². The lowest BCUT2D eigenvalue weighted by Crippen LogP contribution is -2.52. The van der Waals surface area contributed by atoms with Crippen molar-refractivity contribution in [3.8, 4) is 11.5 Å². The number of ether oxygens (including phenoxy) is 2. The number of nitro groups is 1. The number of anilines is 1. The van der Waals surface area contributed by atoms with Crippen molar-refractivity contribution in [2.45, 2.75) is 26.2 Å². The maximum Gasteiger partial charge on any atom is 0.269 e. The van der Waals surface area contributed by atoms with Gasteiger partial charge in [0, 0.05) is 57.1 Å². The monoisotopic (exact) mass is 494 g/mol. The third kappa shape index (κ3) is 5.56. The molecule has 2 atom stereocenters. The predicted octanol–water partition coefficient (Wildman–Crippen LogP) is 3.56. The molecule has 0 spiro atoms. The van der Waals surface area contributed by atoms with Gasteiger partial charge in [0.2, 0.25) is 12.7 Å². The Kier molecular flexibility index (Phi) is 7.27. The molecule has 3 heterocycles. The van der Waals surface area contributed by atoms with Crippen LogP contribution in [0, 0.1) is 22.0 Å². The number of hydrogen-bond donors (Lipinski definition) is 0. The van der Waals surface area contributed by atoms with Gasteiger partial charge in [0.05, 0.1) is 10.8 Å². The van der Waals surface area contributed by atoms with Crippen molar-refractivity contribution in [2.75, 3.05) is 57.5 Å². The highest BCUT2D eigenvalue weighted by molar-refractivity contribution is 5.79. The first-order valence-corrected chi connectivity index (χ1v) is 12.9. The fourth-order valence-corrected chi connectivity index (χ4v) is 5.63. The van der Waals surface area contributed by atoms with Crippen LogP contribution in [0.25, 0.3) is 0 Å². The van der Waals surface area contributed by atoms with Gasteiger partial charge in [0.1, 0.15) is 0 Å². The minimum absolute atomic E-state index is 0.0578. The summed E-state index contributed by atoms with van der Waals surface area (Å²) in [6.07, 6.45) is 2.97. The number of nitrogens with zero attached hydrogens (tertiary/aromatic N) is 4. The fourth-order valence-electron chi connectivity index (χ4n) is 5.63. The van der Waals surface area contributed by atoms with Crippen LogP contribution in [0.15, 0.2) is 42.5 Å². The Morgan fingerprint density at radius 2 is 1.81 bits per heavy atom. The second-order valence-electron chi connectivity index (χ2n) is 10.2. The number of non-ortho nitro benzene ring substituents is 1. The van der Waals surface area contributed by atoms with Crippen LogP contribution < -0.4 is 14.4 Å². The summed E-state index contributed by atoms with van der Waals surface area (Å²) in [6.45, 7) is 8.28. The maximum atomic E-state index is 13.3. The zero-order chi connectivity index (χ0) is 25.1. The molecule has 1 amide bonds. The van der Waals surface area contributed by atoms with Gasteiger partial charge in [0.15, 0.2) is 11.5 Å². The molecule has 5 rings (SSSR count). The van der Waals surface area contributed by atoms with Crippen LogP contribution in [0.3, 0.4) is 0 Å². The second-order valence-corrected chi connectivity index (χ2v) is 10.2. The van der Waals surface area contributed by atoms with E-state index in [-0.39, 0.29) is 22.4 Å². The van der Waals surface area contributed by atoms with Crippen molar-refractivity contribution in [3.05, 3.63) is 58.1 Å². The molecule has 2 saturated heterocycles. The molecule has 9 nitrogen and oxygen atoms in total. The molecule has 2 unspecified atom stereocenters. The van der Waals surface area contributed by atoms with Crippen LogP contribution >= 0.6 is 0 Å². The maximum absolute atomic E-state index is 13.3. The number of piperazine rings is 1. The number of likely N-dealkylation sites (tertiary alicyclic amines) is 1. The van der Waals surface area contributed by atoms with Gasteiger partial charge < -0.3 is 24.2 Å². The molecule has 2 fully saturated rings. The van der Waals surface area contributed by atoms with Gasteiger partial charge >= 0.3 is 0 Å². The molecule has 0 radical (unpaired) electrons. The molecule has 9 heteroatoms. The van der Waals surface area contributed by atoms with Gasteiger partial charge in [-0.15, -0.1) is 0 Å². The number of nitro benzene ring substituents is 1. The summed E-state index contributed by atoms with van der Waals surface area (Å²) in [6, 6.07) is 12.8. The van der Waals surface area contributed by atoms with Gasteiger partial charge in [-0.1, -0.05) is 13.0 Å². The minimum atomic E-state index is -0.383. The van der Waals surface area contributed by atoms with Crippen LogP contribution in [-0.4, -0.2) is 73.2 Å². The highest BCUT2D eigenvalue weighted by Gasteiger charge is 2.31. The first kappa shape index (κ1) is 24.4. The van der Waals surface area contributed by atoms with E-state index in [4.69, 9.17) is 9.47 Å². The van der Waals surface area contributed by atoms with Crippen LogP contribution in [0.5, 0.6) is 11.5 Å². The molecular weight excluding hydrogens is 460 g/mol. The average Bonchev–Trinajstić information content (AvgIpc) is 3.36. The van der Waals surface area contributed by atoms with E-state index in [1.165, 1.54) is 17.7 Å². The number of hydrogen-bond acceptors (Lipinski definition) is 7. The van der Waals surface area contributed by atoms with Crippen LogP contribution in [0.2, 0.25) is 0 Å². The summed E-state index contributed by atoms with van der Waals surface area (Å²) >= 11 is 0. The molecule has 36 heavy (non-hydrogen) atoms. The molecule has 0 bridgehead atoms. The largest absolute Gasteiger partial charge is 0.454 e. The summed E-state index contributed by atoms with van der Waals surface area (Å²) in [7, 11) is 0. The molecule has 3 aliphatic heterocycles. The van der Waals surface area contributed by atoms with E-state index in [0.29, 0.717) is 25.8 Å². The lowest BCUT2D eigenvalue weighted by Gasteiger charge is -2.40. The molecule has 192 valence electrons. The van der Waals surface area contributed by atoms with Gasteiger partial charge in [0.25, 0.3) is 5.69 Å². The Balaban J connectivity index is 1.09. The summed E-state index contributed by atoms with van der Waals surface area (Å²) in [5, 5.41) is 10.9. The normalized spacial score (nSPS) is 20.9. The molecular formula is C27H34N4O5. The second kappa shape index (κ2) is 10.7. The fraction of sp³-hybridized carbons (Fsp3) is 0.519. The van der Waals surface area contributed by atoms with Gasteiger partial charge in [-0.3, -0.25) is 14.9 Å². The molecule has 2 aromatic carbocycles. The average molecular weight is 495 g/mol. The summed E-state index contributed by atoms with van der Waals surface area (Å²) in [5.41, 5.74) is 2.31. The molecule has 0 N–H and O–H groups in total. The number of amides is 1. The van der Waals surface area contributed by atoms with Gasteiger partial charge in [-0.25, -0.2) is 0 Å². The first-order chi connectivity index (χ1) is 17.5. The number of fused-ring (bicyclic) bond motifs is 1.